The molecule has 8 nitrogen and oxygen atoms in total. The Bertz CT molecular complexity index is 685. The summed E-state index contributed by atoms with van der Waals surface area (Å²) >= 11 is 0. The number of aromatic nitrogens is 4. The molecular weight excluding hydrogens is 310 g/mol. The Balaban J connectivity index is 1.62. The van der Waals surface area contributed by atoms with E-state index in [-0.39, 0.29) is 11.9 Å². The molecule has 0 radical (unpaired) electrons. The van der Waals surface area contributed by atoms with Crippen LogP contribution >= 0.6 is 0 Å². The molecule has 1 aliphatic heterocycles. The summed E-state index contributed by atoms with van der Waals surface area (Å²) in [6.45, 7) is 4.19. The Morgan fingerprint density at radius 2 is 2.29 bits per heavy atom. The molecule has 1 aliphatic rings. The Morgan fingerprint density at radius 1 is 1.42 bits per heavy atom. The van der Waals surface area contributed by atoms with E-state index in [0.29, 0.717) is 37.7 Å². The van der Waals surface area contributed by atoms with Crippen LogP contribution in [0.3, 0.4) is 0 Å². The minimum Gasteiger partial charge on any atom is -0.478 e. The Morgan fingerprint density at radius 3 is 3.00 bits per heavy atom. The highest BCUT2D eigenvalue weighted by atomic mass is 16.5. The van der Waals surface area contributed by atoms with Crippen LogP contribution in [0.4, 0.5) is 0 Å². The van der Waals surface area contributed by atoms with Gasteiger partial charge in [0.2, 0.25) is 5.88 Å². The van der Waals surface area contributed by atoms with Gasteiger partial charge in [-0.1, -0.05) is 5.21 Å². The minimum atomic E-state index is -0.0229. The molecule has 0 aliphatic carbocycles. The number of hydrogen-bond acceptors (Lipinski definition) is 6. The first-order chi connectivity index (χ1) is 11.7. The van der Waals surface area contributed by atoms with Crippen molar-refractivity contribution in [1.29, 1.82) is 0 Å². The fraction of sp³-hybridized carbons (Fsp3) is 0.500. The molecule has 0 saturated carbocycles. The number of pyridine rings is 1. The molecule has 24 heavy (non-hydrogen) atoms. The van der Waals surface area contributed by atoms with Crippen molar-refractivity contribution in [1.82, 2.24) is 24.9 Å². The predicted molar refractivity (Wildman–Crippen MR) is 85.7 cm³/mol. The van der Waals surface area contributed by atoms with Gasteiger partial charge >= 0.3 is 0 Å². The molecule has 0 aromatic carbocycles. The second-order valence-corrected chi connectivity index (χ2v) is 5.63. The highest BCUT2D eigenvalue weighted by Gasteiger charge is 2.29. The maximum atomic E-state index is 12.6. The van der Waals surface area contributed by atoms with E-state index in [1.165, 1.54) is 0 Å². The summed E-state index contributed by atoms with van der Waals surface area (Å²) in [5.41, 5.74) is 1.36. The van der Waals surface area contributed by atoms with Crippen LogP contribution in [0.5, 0.6) is 5.88 Å². The van der Waals surface area contributed by atoms with Crippen molar-refractivity contribution >= 4 is 5.91 Å². The molecule has 128 valence electrons. The van der Waals surface area contributed by atoms with Crippen LogP contribution in [0.25, 0.3) is 0 Å². The number of rotatable bonds is 6. The zero-order chi connectivity index (χ0) is 16.9. The van der Waals surface area contributed by atoms with Gasteiger partial charge in [0, 0.05) is 32.5 Å². The zero-order valence-electron chi connectivity index (χ0n) is 13.9. The van der Waals surface area contributed by atoms with Crippen LogP contribution in [-0.2, 0) is 11.3 Å². The van der Waals surface area contributed by atoms with Crippen LogP contribution in [0.15, 0.2) is 24.5 Å². The summed E-state index contributed by atoms with van der Waals surface area (Å²) in [6, 6.07) is 3.61. The molecule has 1 saturated heterocycles. The molecule has 0 unspecified atom stereocenters. The van der Waals surface area contributed by atoms with Gasteiger partial charge in [0.25, 0.3) is 5.91 Å². The molecule has 1 atom stereocenters. The smallest absolute Gasteiger partial charge is 0.255 e. The maximum absolute atomic E-state index is 12.6. The third kappa shape index (κ3) is 3.53. The topological polar surface area (TPSA) is 82.4 Å². The normalized spacial score (nSPS) is 17.2. The fourth-order valence-corrected chi connectivity index (χ4v) is 2.77. The predicted octanol–water partition coefficient (Wildman–Crippen LogP) is 1.31. The first-order valence-electron chi connectivity index (χ1n) is 7.99. The van der Waals surface area contributed by atoms with E-state index < -0.39 is 0 Å². The Kier molecular flexibility index (Phi) is 5.05. The Labute approximate surface area is 140 Å². The number of hydrogen-bond donors (Lipinski definition) is 0. The van der Waals surface area contributed by atoms with Crippen LogP contribution < -0.4 is 4.74 Å². The van der Waals surface area contributed by atoms with E-state index >= 15 is 0 Å². The molecule has 8 heteroatoms. The number of nitrogens with zero attached hydrogens (tertiary/aromatic N) is 5. The summed E-state index contributed by atoms with van der Waals surface area (Å²) in [7, 11) is 1.62. The summed E-state index contributed by atoms with van der Waals surface area (Å²) in [6.07, 6.45) is 4.29. The fourth-order valence-electron chi connectivity index (χ4n) is 2.77. The van der Waals surface area contributed by atoms with Crippen LogP contribution in [0, 0.1) is 0 Å². The van der Waals surface area contributed by atoms with Crippen molar-refractivity contribution in [3.8, 4) is 5.88 Å². The molecule has 0 bridgehead atoms. The van der Waals surface area contributed by atoms with Gasteiger partial charge in [-0.2, -0.15) is 0 Å². The van der Waals surface area contributed by atoms with Gasteiger partial charge in [0.05, 0.1) is 31.0 Å². The molecular formula is C16H21N5O3. The van der Waals surface area contributed by atoms with Crippen molar-refractivity contribution in [3.05, 3.63) is 35.8 Å². The summed E-state index contributed by atoms with van der Waals surface area (Å²) in [4.78, 5) is 18.6. The molecule has 1 fully saturated rings. The highest BCUT2D eigenvalue weighted by molar-refractivity contribution is 5.94. The van der Waals surface area contributed by atoms with E-state index in [1.54, 1.807) is 25.4 Å². The minimum absolute atomic E-state index is 0.0229. The first kappa shape index (κ1) is 16.4. The van der Waals surface area contributed by atoms with Crippen molar-refractivity contribution < 1.29 is 14.3 Å². The second-order valence-electron chi connectivity index (χ2n) is 5.63. The van der Waals surface area contributed by atoms with E-state index in [0.717, 1.165) is 12.1 Å². The molecule has 3 heterocycles. The largest absolute Gasteiger partial charge is 0.478 e. The average Bonchev–Trinajstić information content (AvgIpc) is 3.25. The van der Waals surface area contributed by atoms with E-state index in [1.807, 2.05) is 22.7 Å². The van der Waals surface area contributed by atoms with Gasteiger partial charge in [0.15, 0.2) is 0 Å². The number of methoxy groups -OCH3 is 1. The molecule has 1 amide bonds. The monoisotopic (exact) mass is 331 g/mol. The molecule has 2 aromatic rings. The van der Waals surface area contributed by atoms with Gasteiger partial charge < -0.3 is 14.4 Å². The molecule has 0 spiro atoms. The number of ether oxygens (including phenoxy) is 2. The lowest BCUT2D eigenvalue weighted by atomic mass is 10.2. The SMILES string of the molecule is CCOc1ccc(C(=O)N2CC[C@@H](n3cc(COC)nn3)C2)cn1. The number of carbonyl (C=O) groups is 1. The standard InChI is InChI=1S/C16H21N5O3/c1-3-24-15-5-4-12(8-17-15)16(22)20-7-6-14(10-20)21-9-13(11-23-2)18-19-21/h4-5,8-9,14H,3,6-7,10-11H2,1-2H3/t14-/m1/s1. The Hall–Kier alpha value is -2.48. The zero-order valence-corrected chi connectivity index (χ0v) is 13.9. The third-order valence-electron chi connectivity index (χ3n) is 3.95. The lowest BCUT2D eigenvalue weighted by molar-refractivity contribution is 0.0786. The van der Waals surface area contributed by atoms with Crippen molar-refractivity contribution in [2.24, 2.45) is 0 Å². The summed E-state index contributed by atoms with van der Waals surface area (Å²) < 4.78 is 12.2. The average molecular weight is 331 g/mol. The lowest BCUT2D eigenvalue weighted by Crippen LogP contribution is -2.29. The van der Waals surface area contributed by atoms with Gasteiger partial charge in [-0.05, 0) is 19.4 Å². The van der Waals surface area contributed by atoms with E-state index in [9.17, 15) is 4.79 Å². The van der Waals surface area contributed by atoms with Gasteiger partial charge in [-0.3, -0.25) is 4.79 Å². The number of likely N-dealkylation sites (tertiary alicyclic amines) is 1. The molecule has 0 N–H and O–H groups in total. The van der Waals surface area contributed by atoms with Crippen molar-refractivity contribution in [3.63, 3.8) is 0 Å². The first-order valence-corrected chi connectivity index (χ1v) is 7.99. The number of carbonyl (C=O) groups excluding carboxylic acids is 1. The van der Waals surface area contributed by atoms with E-state index in [4.69, 9.17) is 9.47 Å². The maximum Gasteiger partial charge on any atom is 0.255 e. The van der Waals surface area contributed by atoms with Crippen molar-refractivity contribution in [2.75, 3.05) is 26.8 Å². The molecule has 2 aromatic heterocycles. The lowest BCUT2D eigenvalue weighted by Gasteiger charge is -2.16. The summed E-state index contributed by atoms with van der Waals surface area (Å²) in [5, 5.41) is 8.20. The highest BCUT2D eigenvalue weighted by Crippen LogP contribution is 2.23. The van der Waals surface area contributed by atoms with Crippen molar-refractivity contribution in [2.45, 2.75) is 26.0 Å². The van der Waals surface area contributed by atoms with E-state index in [2.05, 4.69) is 15.3 Å². The quantitative estimate of drug-likeness (QED) is 0.793. The third-order valence-corrected chi connectivity index (χ3v) is 3.95. The van der Waals surface area contributed by atoms with Crippen LogP contribution in [-0.4, -0.2) is 57.6 Å². The van der Waals surface area contributed by atoms with Crippen LogP contribution in [0.1, 0.15) is 35.4 Å². The van der Waals surface area contributed by atoms with Crippen LogP contribution in [0.2, 0.25) is 0 Å². The number of amides is 1. The van der Waals surface area contributed by atoms with Gasteiger partial charge in [-0.15, -0.1) is 5.10 Å². The summed E-state index contributed by atoms with van der Waals surface area (Å²) in [5.74, 6) is 0.506. The van der Waals surface area contributed by atoms with Gasteiger partial charge in [0.1, 0.15) is 5.69 Å². The second kappa shape index (κ2) is 7.39. The van der Waals surface area contributed by atoms with Gasteiger partial charge in [-0.25, -0.2) is 9.67 Å². The molecule has 3 rings (SSSR count).